The Bertz CT molecular complexity index is 235. The van der Waals surface area contributed by atoms with Gasteiger partial charge in [0.15, 0.2) is 11.3 Å². The summed E-state index contributed by atoms with van der Waals surface area (Å²) in [6, 6.07) is 0. The minimum atomic E-state index is -3.99. The van der Waals surface area contributed by atoms with Crippen molar-refractivity contribution in [1.82, 2.24) is 0 Å². The normalized spacial score (nSPS) is 14.1. The van der Waals surface area contributed by atoms with Crippen LogP contribution in [0.1, 0.15) is 32.6 Å². The van der Waals surface area contributed by atoms with E-state index in [1.54, 1.807) is 6.92 Å². The summed E-state index contributed by atoms with van der Waals surface area (Å²) in [4.78, 5) is 10.8. The molecule has 1 atom stereocenters. The molecule has 0 N–H and O–H groups in total. The molecule has 0 saturated heterocycles. The summed E-state index contributed by atoms with van der Waals surface area (Å²) >= 11 is 0.944. The highest BCUT2D eigenvalue weighted by Crippen LogP contribution is 2.31. The van der Waals surface area contributed by atoms with Gasteiger partial charge in [-0.1, -0.05) is 18.7 Å². The summed E-state index contributed by atoms with van der Waals surface area (Å²) in [6.45, 7) is 1.66. The predicted octanol–water partition coefficient (Wildman–Crippen LogP) is 4.07. The van der Waals surface area contributed by atoms with E-state index in [1.807, 2.05) is 0 Å². The molecule has 0 fully saturated rings. The summed E-state index contributed by atoms with van der Waals surface area (Å²) in [5.41, 5.74) is 0. The Kier molecular flexibility index (Phi) is 7.74. The first-order chi connectivity index (χ1) is 7.79. The maximum atomic E-state index is 13.0. The van der Waals surface area contributed by atoms with Gasteiger partial charge in [-0.25, -0.2) is 22.0 Å². The third-order valence-corrected chi connectivity index (χ3v) is 3.14. The van der Waals surface area contributed by atoms with E-state index in [0.29, 0.717) is 6.42 Å². The lowest BCUT2D eigenvalue weighted by molar-refractivity contribution is -0.110. The second kappa shape index (κ2) is 7.89. The highest BCUT2D eigenvalue weighted by Gasteiger charge is 2.42. The summed E-state index contributed by atoms with van der Waals surface area (Å²) in [5, 5.41) is -0.0975. The van der Waals surface area contributed by atoms with Crippen LogP contribution < -0.4 is 0 Å². The Hall–Kier alpha value is -0.330. The Labute approximate surface area is 101 Å². The lowest BCUT2D eigenvalue weighted by atomic mass is 10.1. The second-order valence-corrected chi connectivity index (χ2v) is 4.69. The molecule has 0 aliphatic heterocycles. The van der Waals surface area contributed by atoms with Gasteiger partial charge in [-0.2, -0.15) is 0 Å². The summed E-state index contributed by atoms with van der Waals surface area (Å²) in [5.74, 6) is -3.76. The molecule has 0 aromatic heterocycles. The largest absolute Gasteiger partial charge is 0.287 e. The Balaban J connectivity index is 3.84. The molecule has 0 amide bonds. The zero-order chi connectivity index (χ0) is 13.5. The van der Waals surface area contributed by atoms with Crippen LogP contribution in [0.2, 0.25) is 0 Å². The van der Waals surface area contributed by atoms with Crippen LogP contribution >= 0.6 is 11.8 Å². The summed E-state index contributed by atoms with van der Waals surface area (Å²) < 4.78 is 62.0. The fourth-order valence-electron chi connectivity index (χ4n) is 1.10. The molecule has 0 radical (unpaired) electrons. The summed E-state index contributed by atoms with van der Waals surface area (Å²) in [6.07, 6.45) is -7.67. The quantitative estimate of drug-likeness (QED) is 0.492. The van der Waals surface area contributed by atoms with E-state index in [0.717, 1.165) is 11.8 Å². The van der Waals surface area contributed by atoms with Crippen LogP contribution in [-0.4, -0.2) is 29.4 Å². The molecule has 0 aromatic carbocycles. The molecule has 0 rings (SSSR count). The zero-order valence-corrected chi connectivity index (χ0v) is 10.2. The number of hydrogen-bond acceptors (Lipinski definition) is 2. The first-order valence-electron chi connectivity index (χ1n) is 5.25. The maximum absolute atomic E-state index is 13.0. The molecule has 102 valence electrons. The van der Waals surface area contributed by atoms with Gasteiger partial charge in [-0.15, -0.1) is 0 Å². The van der Waals surface area contributed by atoms with E-state index < -0.39 is 31.4 Å². The van der Waals surface area contributed by atoms with Crippen molar-refractivity contribution in [3.05, 3.63) is 0 Å². The molecular weight excluding hydrogens is 263 g/mol. The van der Waals surface area contributed by atoms with Gasteiger partial charge in [0.25, 0.3) is 5.92 Å². The lowest BCUT2D eigenvalue weighted by Gasteiger charge is -2.20. The van der Waals surface area contributed by atoms with E-state index in [2.05, 4.69) is 0 Å². The highest BCUT2D eigenvalue weighted by atomic mass is 32.2. The molecule has 0 heterocycles. The van der Waals surface area contributed by atoms with Gasteiger partial charge in [0.05, 0.1) is 6.42 Å². The van der Waals surface area contributed by atoms with Gasteiger partial charge in [0.1, 0.15) is 0 Å². The summed E-state index contributed by atoms with van der Waals surface area (Å²) in [7, 11) is 0. The number of halogens is 5. The zero-order valence-electron chi connectivity index (χ0n) is 9.40. The van der Waals surface area contributed by atoms with Gasteiger partial charge in [-0.05, 0) is 12.8 Å². The number of hydrogen-bond donors (Lipinski definition) is 0. The third-order valence-electron chi connectivity index (χ3n) is 2.04. The van der Waals surface area contributed by atoms with Gasteiger partial charge < -0.3 is 0 Å². The van der Waals surface area contributed by atoms with Crippen LogP contribution in [0, 0.1) is 0 Å². The van der Waals surface area contributed by atoms with Gasteiger partial charge >= 0.3 is 0 Å². The topological polar surface area (TPSA) is 17.1 Å². The lowest BCUT2D eigenvalue weighted by Crippen LogP contribution is -2.32. The van der Waals surface area contributed by atoms with Gasteiger partial charge in [0, 0.05) is 12.2 Å². The van der Waals surface area contributed by atoms with Crippen molar-refractivity contribution < 1.29 is 26.7 Å². The van der Waals surface area contributed by atoms with Crippen LogP contribution in [0.25, 0.3) is 0 Å². The average molecular weight is 278 g/mol. The molecule has 0 bridgehead atoms. The highest BCUT2D eigenvalue weighted by molar-refractivity contribution is 8.13. The molecule has 1 unspecified atom stereocenters. The van der Waals surface area contributed by atoms with Crippen molar-refractivity contribution in [3.8, 4) is 0 Å². The molecule has 0 spiro atoms. The fraction of sp³-hybridized carbons (Fsp3) is 0.900. The van der Waals surface area contributed by atoms with E-state index in [4.69, 9.17) is 0 Å². The molecule has 7 heteroatoms. The molecule has 17 heavy (non-hydrogen) atoms. The van der Waals surface area contributed by atoms with E-state index in [1.165, 1.54) is 0 Å². The van der Waals surface area contributed by atoms with Gasteiger partial charge in [-0.3, -0.25) is 4.79 Å². The fourth-order valence-corrected chi connectivity index (χ4v) is 1.84. The standard InChI is InChI=1S/C10H15F5OS/c1-2-9(16)17-5-3-4-7(11)10(14,15)6-8(12)13/h7-8H,2-6H2,1H3. The second-order valence-electron chi connectivity index (χ2n) is 3.54. The Morgan fingerprint density at radius 2 is 1.88 bits per heavy atom. The Morgan fingerprint density at radius 1 is 1.29 bits per heavy atom. The minimum absolute atomic E-state index is 0.0659. The van der Waals surface area contributed by atoms with Gasteiger partial charge in [0.2, 0.25) is 6.43 Å². The maximum Gasteiger partial charge on any atom is 0.284 e. The third kappa shape index (κ3) is 7.57. The molecular formula is C10H15F5OS. The van der Waals surface area contributed by atoms with Crippen LogP contribution in [0.3, 0.4) is 0 Å². The van der Waals surface area contributed by atoms with Crippen LogP contribution in [0.5, 0.6) is 0 Å². The van der Waals surface area contributed by atoms with Crippen molar-refractivity contribution in [1.29, 1.82) is 0 Å². The van der Waals surface area contributed by atoms with Crippen LogP contribution in [0.15, 0.2) is 0 Å². The predicted molar refractivity (Wildman–Crippen MR) is 57.5 cm³/mol. The molecule has 0 aliphatic carbocycles. The van der Waals surface area contributed by atoms with Crippen LogP contribution in [0.4, 0.5) is 22.0 Å². The van der Waals surface area contributed by atoms with E-state index in [9.17, 15) is 26.7 Å². The van der Waals surface area contributed by atoms with Crippen LogP contribution in [-0.2, 0) is 4.79 Å². The molecule has 0 saturated carbocycles. The van der Waals surface area contributed by atoms with Crippen molar-refractivity contribution in [3.63, 3.8) is 0 Å². The number of rotatable bonds is 8. The number of carbonyl (C=O) groups is 1. The molecule has 0 aromatic rings. The van der Waals surface area contributed by atoms with Crippen molar-refractivity contribution in [2.75, 3.05) is 5.75 Å². The van der Waals surface area contributed by atoms with Crippen molar-refractivity contribution in [2.45, 2.75) is 51.1 Å². The Morgan fingerprint density at radius 3 is 2.35 bits per heavy atom. The smallest absolute Gasteiger partial charge is 0.284 e. The SMILES string of the molecule is CCC(=O)SCCCC(F)C(F)(F)CC(F)F. The first-order valence-corrected chi connectivity index (χ1v) is 6.23. The monoisotopic (exact) mass is 278 g/mol. The van der Waals surface area contributed by atoms with Crippen molar-refractivity contribution in [2.24, 2.45) is 0 Å². The minimum Gasteiger partial charge on any atom is -0.287 e. The molecule has 0 aliphatic rings. The number of alkyl halides is 5. The average Bonchev–Trinajstić information content (AvgIpc) is 2.21. The number of carbonyl (C=O) groups excluding carboxylic acids is 1. The van der Waals surface area contributed by atoms with E-state index in [-0.39, 0.29) is 17.3 Å². The van der Waals surface area contributed by atoms with Crippen molar-refractivity contribution >= 4 is 16.9 Å². The molecule has 1 nitrogen and oxygen atoms in total. The van der Waals surface area contributed by atoms with E-state index >= 15 is 0 Å². The first kappa shape index (κ1) is 16.7. The number of thioether (sulfide) groups is 1.